The van der Waals surface area contributed by atoms with Crippen LogP contribution in [0.15, 0.2) is 28.7 Å². The highest BCUT2D eigenvalue weighted by molar-refractivity contribution is 9.10. The Morgan fingerprint density at radius 2 is 1.95 bits per heavy atom. The van der Waals surface area contributed by atoms with Crippen LogP contribution in [0.1, 0.15) is 23.7 Å². The average molecular weight is 343 g/mol. The summed E-state index contributed by atoms with van der Waals surface area (Å²) >= 11 is 3.24. The number of carboxylic acids is 1. The molecule has 0 spiro atoms. The lowest BCUT2D eigenvalue weighted by molar-refractivity contribution is -0.141. The smallest absolute Gasteiger partial charge is 0.326 e. The molecule has 1 aromatic rings. The number of nitrogens with one attached hydrogen (secondary N) is 2. The van der Waals surface area contributed by atoms with Crippen molar-refractivity contribution in [3.05, 3.63) is 34.3 Å². The Balaban J connectivity index is 2.51. The standard InChI is InChI=1S/C13H15BrN2O4/c1-2-10(13(19)20)16-11(17)7-15-12(18)8-5-3-4-6-9(8)14/h3-6,10H,2,7H2,1H3,(H,15,18)(H,16,17)(H,19,20)/t10-/m1/s1. The molecule has 7 heteroatoms. The van der Waals surface area contributed by atoms with Gasteiger partial charge in [0.25, 0.3) is 5.91 Å². The first-order valence-electron chi connectivity index (χ1n) is 6.00. The van der Waals surface area contributed by atoms with Gasteiger partial charge in [0.2, 0.25) is 5.91 Å². The molecule has 108 valence electrons. The van der Waals surface area contributed by atoms with Crippen molar-refractivity contribution < 1.29 is 19.5 Å². The van der Waals surface area contributed by atoms with Gasteiger partial charge in [-0.25, -0.2) is 4.79 Å². The van der Waals surface area contributed by atoms with Crippen LogP contribution in [-0.4, -0.2) is 35.5 Å². The molecule has 6 nitrogen and oxygen atoms in total. The second-order valence-corrected chi connectivity index (χ2v) is 4.88. The summed E-state index contributed by atoms with van der Waals surface area (Å²) in [5.74, 6) is -2.05. The number of carbonyl (C=O) groups is 3. The largest absolute Gasteiger partial charge is 0.480 e. The molecule has 0 aliphatic heterocycles. The van der Waals surface area contributed by atoms with Gasteiger partial charge in [-0.3, -0.25) is 9.59 Å². The Morgan fingerprint density at radius 1 is 1.30 bits per heavy atom. The Labute approximate surface area is 124 Å². The van der Waals surface area contributed by atoms with E-state index in [0.717, 1.165) is 0 Å². The van der Waals surface area contributed by atoms with Crippen LogP contribution in [0.2, 0.25) is 0 Å². The first-order chi connectivity index (χ1) is 9.45. The number of hydrogen-bond donors (Lipinski definition) is 3. The summed E-state index contributed by atoms with van der Waals surface area (Å²) in [6.45, 7) is 1.38. The molecular formula is C13H15BrN2O4. The predicted molar refractivity (Wildman–Crippen MR) is 76.3 cm³/mol. The fraction of sp³-hybridized carbons (Fsp3) is 0.308. The van der Waals surface area contributed by atoms with E-state index in [0.29, 0.717) is 10.0 Å². The number of benzene rings is 1. The maximum atomic E-state index is 11.8. The minimum absolute atomic E-state index is 0.274. The van der Waals surface area contributed by atoms with Crippen LogP contribution >= 0.6 is 15.9 Å². The third-order valence-electron chi connectivity index (χ3n) is 2.57. The highest BCUT2D eigenvalue weighted by Gasteiger charge is 2.18. The topological polar surface area (TPSA) is 95.5 Å². The number of carbonyl (C=O) groups excluding carboxylic acids is 2. The average Bonchev–Trinajstić information content (AvgIpc) is 2.42. The third kappa shape index (κ3) is 4.65. The molecule has 0 aromatic heterocycles. The van der Waals surface area contributed by atoms with Crippen molar-refractivity contribution in [1.29, 1.82) is 0 Å². The van der Waals surface area contributed by atoms with E-state index in [4.69, 9.17) is 5.11 Å². The fourth-order valence-electron chi connectivity index (χ4n) is 1.48. The van der Waals surface area contributed by atoms with Crippen LogP contribution in [-0.2, 0) is 9.59 Å². The molecule has 0 heterocycles. The van der Waals surface area contributed by atoms with E-state index >= 15 is 0 Å². The summed E-state index contributed by atoms with van der Waals surface area (Å²) < 4.78 is 0.620. The molecule has 0 fully saturated rings. The zero-order valence-electron chi connectivity index (χ0n) is 10.9. The summed E-state index contributed by atoms with van der Waals surface area (Å²) in [5.41, 5.74) is 0.408. The highest BCUT2D eigenvalue weighted by Crippen LogP contribution is 2.15. The number of amides is 2. The second-order valence-electron chi connectivity index (χ2n) is 4.03. The number of aliphatic carboxylic acids is 1. The monoisotopic (exact) mass is 342 g/mol. The van der Waals surface area contributed by atoms with Gasteiger partial charge in [0.1, 0.15) is 6.04 Å². The number of carboxylic acid groups (broad SMARTS) is 1. The molecule has 0 unspecified atom stereocenters. The Bertz CT molecular complexity index is 519. The van der Waals surface area contributed by atoms with Crippen LogP contribution in [0.4, 0.5) is 0 Å². The number of halogens is 1. The third-order valence-corrected chi connectivity index (χ3v) is 3.26. The van der Waals surface area contributed by atoms with Crippen LogP contribution in [0.25, 0.3) is 0 Å². The van der Waals surface area contributed by atoms with Crippen molar-refractivity contribution in [2.75, 3.05) is 6.54 Å². The van der Waals surface area contributed by atoms with Crippen LogP contribution < -0.4 is 10.6 Å². The maximum absolute atomic E-state index is 11.8. The second kappa shape index (κ2) is 7.64. The van der Waals surface area contributed by atoms with E-state index in [1.165, 1.54) is 0 Å². The molecule has 2 amide bonds. The van der Waals surface area contributed by atoms with Gasteiger partial charge in [0.05, 0.1) is 12.1 Å². The van der Waals surface area contributed by atoms with Gasteiger partial charge < -0.3 is 15.7 Å². The Hall–Kier alpha value is -1.89. The fourth-order valence-corrected chi connectivity index (χ4v) is 1.95. The zero-order chi connectivity index (χ0) is 15.1. The van der Waals surface area contributed by atoms with Crippen LogP contribution in [0.5, 0.6) is 0 Å². The molecule has 1 atom stereocenters. The molecular weight excluding hydrogens is 328 g/mol. The summed E-state index contributed by atoms with van der Waals surface area (Å²) in [7, 11) is 0. The molecule has 0 saturated heterocycles. The Morgan fingerprint density at radius 3 is 2.50 bits per heavy atom. The van der Waals surface area contributed by atoms with Gasteiger partial charge in [-0.1, -0.05) is 19.1 Å². The lowest BCUT2D eigenvalue weighted by Gasteiger charge is -2.12. The molecule has 0 radical (unpaired) electrons. The highest BCUT2D eigenvalue weighted by atomic mass is 79.9. The van der Waals surface area contributed by atoms with E-state index < -0.39 is 23.8 Å². The van der Waals surface area contributed by atoms with Crippen molar-refractivity contribution in [2.24, 2.45) is 0 Å². The van der Waals surface area contributed by atoms with Crippen LogP contribution in [0.3, 0.4) is 0 Å². The summed E-state index contributed by atoms with van der Waals surface area (Å²) in [6.07, 6.45) is 0.277. The van der Waals surface area contributed by atoms with E-state index in [9.17, 15) is 14.4 Å². The summed E-state index contributed by atoms with van der Waals surface area (Å²) in [6, 6.07) is 5.86. The van der Waals surface area contributed by atoms with Gasteiger partial charge in [-0.2, -0.15) is 0 Å². The molecule has 1 rings (SSSR count). The van der Waals surface area contributed by atoms with Crippen LogP contribution in [0, 0.1) is 0 Å². The van der Waals surface area contributed by atoms with Crippen molar-refractivity contribution in [3.63, 3.8) is 0 Å². The minimum Gasteiger partial charge on any atom is -0.480 e. The lowest BCUT2D eigenvalue weighted by atomic mass is 10.2. The van der Waals surface area contributed by atoms with E-state index in [-0.39, 0.29) is 13.0 Å². The van der Waals surface area contributed by atoms with Gasteiger partial charge >= 0.3 is 5.97 Å². The molecule has 0 aliphatic rings. The first kappa shape index (κ1) is 16.2. The van der Waals surface area contributed by atoms with Crippen molar-refractivity contribution in [1.82, 2.24) is 10.6 Å². The van der Waals surface area contributed by atoms with E-state index in [1.807, 2.05) is 0 Å². The van der Waals surface area contributed by atoms with Gasteiger partial charge in [0.15, 0.2) is 0 Å². The number of hydrogen-bond acceptors (Lipinski definition) is 3. The van der Waals surface area contributed by atoms with Crippen molar-refractivity contribution in [2.45, 2.75) is 19.4 Å². The van der Waals surface area contributed by atoms with Crippen molar-refractivity contribution >= 4 is 33.7 Å². The predicted octanol–water partition coefficient (Wildman–Crippen LogP) is 1.16. The molecule has 0 saturated carbocycles. The molecule has 0 aliphatic carbocycles. The van der Waals surface area contributed by atoms with E-state index in [2.05, 4.69) is 26.6 Å². The summed E-state index contributed by atoms with van der Waals surface area (Å²) in [5, 5.41) is 13.6. The first-order valence-corrected chi connectivity index (χ1v) is 6.80. The van der Waals surface area contributed by atoms with Gasteiger partial charge in [-0.05, 0) is 34.5 Å². The molecule has 0 bridgehead atoms. The molecule has 3 N–H and O–H groups in total. The summed E-state index contributed by atoms with van der Waals surface area (Å²) in [4.78, 5) is 34.1. The minimum atomic E-state index is -1.10. The quantitative estimate of drug-likeness (QED) is 0.722. The SMILES string of the molecule is CC[C@@H](NC(=O)CNC(=O)c1ccccc1Br)C(=O)O. The Kier molecular flexibility index (Phi) is 6.17. The lowest BCUT2D eigenvalue weighted by Crippen LogP contribution is -2.45. The normalized spacial score (nSPS) is 11.5. The molecule has 1 aromatic carbocycles. The zero-order valence-corrected chi connectivity index (χ0v) is 12.4. The van der Waals surface area contributed by atoms with Gasteiger partial charge in [0, 0.05) is 4.47 Å². The van der Waals surface area contributed by atoms with Gasteiger partial charge in [-0.15, -0.1) is 0 Å². The van der Waals surface area contributed by atoms with Crippen molar-refractivity contribution in [3.8, 4) is 0 Å². The number of rotatable bonds is 6. The maximum Gasteiger partial charge on any atom is 0.326 e. The molecule has 20 heavy (non-hydrogen) atoms. The van der Waals surface area contributed by atoms with E-state index in [1.54, 1.807) is 31.2 Å².